The topological polar surface area (TPSA) is 161 Å². The van der Waals surface area contributed by atoms with Crippen LogP contribution in [0.1, 0.15) is 38.3 Å². The van der Waals surface area contributed by atoms with E-state index in [0.29, 0.717) is 25.3 Å². The summed E-state index contributed by atoms with van der Waals surface area (Å²) in [7, 11) is 0. The maximum atomic E-state index is 13.6. The molecule has 2 unspecified atom stereocenters. The lowest BCUT2D eigenvalue weighted by molar-refractivity contribution is -0.129. The second kappa shape index (κ2) is 13.6. The number of carbonyl (C=O) groups is 2. The van der Waals surface area contributed by atoms with Crippen molar-refractivity contribution in [3.63, 3.8) is 0 Å². The Bertz CT molecular complexity index is 1690. The molecule has 44 heavy (non-hydrogen) atoms. The van der Waals surface area contributed by atoms with Crippen LogP contribution in [0.25, 0.3) is 33.4 Å². The molecule has 0 aliphatic carbocycles. The molecule has 0 fully saturated rings. The normalized spacial score (nSPS) is 13.0. The van der Waals surface area contributed by atoms with E-state index in [-0.39, 0.29) is 18.2 Å². The van der Waals surface area contributed by atoms with Crippen molar-refractivity contribution < 1.29 is 14.7 Å². The van der Waals surface area contributed by atoms with Crippen LogP contribution in [0.4, 0.5) is 0 Å². The van der Waals surface area contributed by atoms with Crippen molar-refractivity contribution in [1.29, 1.82) is 0 Å². The van der Waals surface area contributed by atoms with E-state index in [9.17, 15) is 14.7 Å². The van der Waals surface area contributed by atoms with Gasteiger partial charge in [0.05, 0.1) is 6.10 Å². The number of rotatable bonds is 13. The van der Waals surface area contributed by atoms with E-state index in [1.54, 1.807) is 6.92 Å². The number of tetrazole rings is 1. The van der Waals surface area contributed by atoms with Crippen molar-refractivity contribution in [1.82, 2.24) is 41.6 Å². The number of aromatic nitrogens is 5. The highest BCUT2D eigenvalue weighted by Gasteiger charge is 2.27. The highest BCUT2D eigenvalue weighted by molar-refractivity contribution is 5.90. The van der Waals surface area contributed by atoms with Gasteiger partial charge in [-0.2, -0.15) is 0 Å². The minimum Gasteiger partial charge on any atom is -0.392 e. The summed E-state index contributed by atoms with van der Waals surface area (Å²) in [5, 5.41) is 34.1. The van der Waals surface area contributed by atoms with Gasteiger partial charge in [-0.25, -0.2) is 5.10 Å². The molecule has 0 saturated heterocycles. The van der Waals surface area contributed by atoms with Crippen LogP contribution < -0.4 is 16.0 Å². The fourth-order valence-corrected chi connectivity index (χ4v) is 5.19. The van der Waals surface area contributed by atoms with Crippen molar-refractivity contribution >= 4 is 22.7 Å². The molecule has 0 spiro atoms. The lowest BCUT2D eigenvalue weighted by atomic mass is 9.98. The summed E-state index contributed by atoms with van der Waals surface area (Å²) < 4.78 is 0. The predicted octanol–water partition coefficient (Wildman–Crippen LogP) is 3.50. The van der Waals surface area contributed by atoms with Crippen LogP contribution in [-0.4, -0.2) is 66.8 Å². The molecular formula is C33H38N8O3. The molecule has 2 amide bonds. The summed E-state index contributed by atoms with van der Waals surface area (Å²) in [4.78, 5) is 30.0. The van der Waals surface area contributed by atoms with Crippen LogP contribution in [0.2, 0.25) is 0 Å². The number of para-hydroxylation sites is 1. The van der Waals surface area contributed by atoms with Gasteiger partial charge in [-0.1, -0.05) is 66.7 Å². The summed E-state index contributed by atoms with van der Waals surface area (Å²) >= 11 is 0. The molecule has 0 aliphatic heterocycles. The third kappa shape index (κ3) is 7.74. The Morgan fingerprint density at radius 1 is 0.977 bits per heavy atom. The number of benzene rings is 3. The minimum absolute atomic E-state index is 0.143. The van der Waals surface area contributed by atoms with E-state index in [1.807, 2.05) is 92.8 Å². The standard InChI is InChI=1S/C33H38N8O3/c1-21(42)18-36-33(2,3)17-30(43)37-29(16-24-20-34-28-11-7-6-9-26(24)28)32(44)35-19-22-12-14-23(15-13-22)25-8-4-5-10-27(25)31-38-40-41-39-31/h4-15,20-21,29,34,36,42H,16-19H2,1-3H3,(H,35,44)(H,37,43)(H,38,39,40,41). The van der Waals surface area contributed by atoms with Gasteiger partial charge in [0.15, 0.2) is 5.82 Å². The van der Waals surface area contributed by atoms with Gasteiger partial charge in [-0.15, -0.1) is 5.10 Å². The SMILES string of the molecule is CC(O)CNC(C)(C)CC(=O)NC(Cc1c[nH]c2ccccc12)C(=O)NCc1ccc(-c2ccccc2-c2nnn[nH]2)cc1. The third-order valence-electron chi connectivity index (χ3n) is 7.49. The second-order valence-electron chi connectivity index (χ2n) is 11.7. The number of fused-ring (bicyclic) bond motifs is 1. The number of H-pyrrole nitrogens is 2. The highest BCUT2D eigenvalue weighted by Crippen LogP contribution is 2.29. The van der Waals surface area contributed by atoms with Crippen molar-refractivity contribution in [3.8, 4) is 22.5 Å². The summed E-state index contributed by atoms with van der Waals surface area (Å²) in [5.74, 6) is 0.0611. The Balaban J connectivity index is 1.28. The number of nitrogens with zero attached hydrogens (tertiary/aromatic N) is 3. The van der Waals surface area contributed by atoms with Crippen molar-refractivity contribution in [3.05, 3.63) is 90.1 Å². The third-order valence-corrected chi connectivity index (χ3v) is 7.49. The first-order chi connectivity index (χ1) is 21.2. The van der Waals surface area contributed by atoms with Crippen LogP contribution in [0.5, 0.6) is 0 Å². The Morgan fingerprint density at radius 3 is 2.43 bits per heavy atom. The number of amides is 2. The smallest absolute Gasteiger partial charge is 0.243 e. The largest absolute Gasteiger partial charge is 0.392 e. The average molecular weight is 595 g/mol. The van der Waals surface area contributed by atoms with Crippen LogP contribution in [0, 0.1) is 0 Å². The van der Waals surface area contributed by atoms with E-state index in [1.165, 1.54) is 0 Å². The minimum atomic E-state index is -0.782. The van der Waals surface area contributed by atoms with Crippen molar-refractivity contribution in [2.45, 2.75) is 57.8 Å². The van der Waals surface area contributed by atoms with Gasteiger partial charge in [0.2, 0.25) is 11.8 Å². The predicted molar refractivity (Wildman–Crippen MR) is 169 cm³/mol. The molecule has 2 atom stereocenters. The van der Waals surface area contributed by atoms with E-state index < -0.39 is 17.7 Å². The van der Waals surface area contributed by atoms with Crippen molar-refractivity contribution in [2.75, 3.05) is 6.54 Å². The van der Waals surface area contributed by atoms with Gasteiger partial charge in [0.1, 0.15) is 6.04 Å². The molecule has 0 aliphatic rings. The molecule has 228 valence electrons. The van der Waals surface area contributed by atoms with E-state index in [4.69, 9.17) is 0 Å². The van der Waals surface area contributed by atoms with Gasteiger partial charge in [-0.3, -0.25) is 9.59 Å². The lowest BCUT2D eigenvalue weighted by Gasteiger charge is -2.28. The molecule has 2 aromatic heterocycles. The number of carbonyl (C=O) groups excluding carboxylic acids is 2. The van der Waals surface area contributed by atoms with E-state index in [2.05, 4.69) is 41.6 Å². The number of aliphatic hydroxyl groups is 1. The molecule has 0 saturated carbocycles. The zero-order chi connectivity index (χ0) is 31.1. The molecule has 2 heterocycles. The first kappa shape index (κ1) is 30.6. The van der Waals surface area contributed by atoms with Crippen LogP contribution >= 0.6 is 0 Å². The maximum absolute atomic E-state index is 13.6. The molecule has 0 bridgehead atoms. The number of nitrogens with one attached hydrogen (secondary N) is 5. The number of hydrogen-bond acceptors (Lipinski definition) is 7. The first-order valence-electron chi connectivity index (χ1n) is 14.7. The summed E-state index contributed by atoms with van der Waals surface area (Å²) in [5.41, 5.74) is 5.13. The summed E-state index contributed by atoms with van der Waals surface area (Å²) in [6.07, 6.45) is 1.82. The van der Waals surface area contributed by atoms with E-state index >= 15 is 0 Å². The van der Waals surface area contributed by atoms with Crippen LogP contribution in [0.3, 0.4) is 0 Å². The van der Waals surface area contributed by atoms with Gasteiger partial charge < -0.3 is 26.0 Å². The second-order valence-corrected chi connectivity index (χ2v) is 11.7. The maximum Gasteiger partial charge on any atom is 0.243 e. The molecule has 11 nitrogen and oxygen atoms in total. The molecule has 5 rings (SSSR count). The van der Waals surface area contributed by atoms with Crippen molar-refractivity contribution in [2.24, 2.45) is 0 Å². The molecule has 5 aromatic rings. The van der Waals surface area contributed by atoms with Gasteiger partial charge in [0.25, 0.3) is 0 Å². The Labute approximate surface area is 255 Å². The Kier molecular flexibility index (Phi) is 9.47. The van der Waals surface area contributed by atoms with Crippen LogP contribution in [0.15, 0.2) is 79.0 Å². The fourth-order valence-electron chi connectivity index (χ4n) is 5.19. The number of aliphatic hydroxyl groups excluding tert-OH is 1. The van der Waals surface area contributed by atoms with E-state index in [0.717, 1.165) is 38.7 Å². The van der Waals surface area contributed by atoms with Gasteiger partial charge in [0, 0.05) is 54.1 Å². The molecule has 0 radical (unpaired) electrons. The van der Waals surface area contributed by atoms with Gasteiger partial charge in [-0.05, 0) is 59.5 Å². The zero-order valence-corrected chi connectivity index (χ0v) is 25.1. The molecule has 3 aromatic carbocycles. The first-order valence-corrected chi connectivity index (χ1v) is 14.7. The average Bonchev–Trinajstić information content (AvgIpc) is 3.70. The molecular weight excluding hydrogens is 556 g/mol. The molecule has 11 heteroatoms. The summed E-state index contributed by atoms with van der Waals surface area (Å²) in [6.45, 7) is 6.14. The van der Waals surface area contributed by atoms with Gasteiger partial charge >= 0.3 is 0 Å². The number of β-amino-alcohol motifs (C(OH)–C–C–N with tert-alkyl or cyclic N) is 1. The Hall–Kier alpha value is -4.87. The highest BCUT2D eigenvalue weighted by atomic mass is 16.3. The van der Waals surface area contributed by atoms with Crippen LogP contribution in [-0.2, 0) is 22.6 Å². The monoisotopic (exact) mass is 594 g/mol. The lowest BCUT2D eigenvalue weighted by Crippen LogP contribution is -2.51. The Morgan fingerprint density at radius 2 is 1.70 bits per heavy atom. The summed E-state index contributed by atoms with van der Waals surface area (Å²) in [6, 6.07) is 22.9. The fraction of sp³-hybridized carbons (Fsp3) is 0.303. The quantitative estimate of drug-likeness (QED) is 0.122. The zero-order valence-electron chi connectivity index (χ0n) is 25.1. The molecule has 6 N–H and O–H groups in total. The number of hydrogen-bond donors (Lipinski definition) is 6. The number of aromatic amines is 2.